The number of nitrogens with one attached hydrogen (secondary N) is 3. The van der Waals surface area contributed by atoms with Crippen molar-refractivity contribution >= 4 is 17.9 Å². The Morgan fingerprint density at radius 3 is 2.56 bits per heavy atom. The van der Waals surface area contributed by atoms with Crippen LogP contribution >= 0.6 is 0 Å². The molecule has 0 bridgehead atoms. The fourth-order valence-corrected chi connectivity index (χ4v) is 1.26. The van der Waals surface area contributed by atoms with E-state index < -0.39 is 18.0 Å². The van der Waals surface area contributed by atoms with Gasteiger partial charge in [-0.15, -0.1) is 6.58 Å². The summed E-state index contributed by atoms with van der Waals surface area (Å²) in [5.74, 6) is -1.42. The van der Waals surface area contributed by atoms with Gasteiger partial charge in [0.2, 0.25) is 5.91 Å². The van der Waals surface area contributed by atoms with E-state index >= 15 is 0 Å². The molecule has 0 aliphatic heterocycles. The molecule has 100 valence electrons. The quantitative estimate of drug-likeness (QED) is 0.464. The third kappa shape index (κ3) is 5.33. The minimum Gasteiger partial charge on any atom is -0.480 e. The minimum atomic E-state index is -1.15. The maximum absolute atomic E-state index is 11.3. The number of urea groups is 1. The predicted molar refractivity (Wildman–Crippen MR) is 63.9 cm³/mol. The van der Waals surface area contributed by atoms with Crippen LogP contribution in [-0.4, -0.2) is 41.6 Å². The van der Waals surface area contributed by atoms with E-state index in [9.17, 15) is 14.4 Å². The van der Waals surface area contributed by atoms with Gasteiger partial charge >= 0.3 is 12.0 Å². The third-order valence-electron chi connectivity index (χ3n) is 2.36. The smallest absolute Gasteiger partial charge is 0.326 e. The molecule has 1 fully saturated rings. The molecular weight excluding hydrogens is 238 g/mol. The molecule has 1 unspecified atom stereocenters. The molecule has 0 radical (unpaired) electrons. The number of carboxylic acids is 1. The first-order valence-electron chi connectivity index (χ1n) is 5.70. The molecule has 3 amide bonds. The first-order valence-corrected chi connectivity index (χ1v) is 5.70. The number of hydrogen-bond donors (Lipinski definition) is 4. The maximum Gasteiger partial charge on any atom is 0.326 e. The molecule has 1 aliphatic rings. The van der Waals surface area contributed by atoms with Crippen molar-refractivity contribution < 1.29 is 19.5 Å². The van der Waals surface area contributed by atoms with Gasteiger partial charge in [0.25, 0.3) is 0 Å². The Morgan fingerprint density at radius 1 is 1.39 bits per heavy atom. The summed E-state index contributed by atoms with van der Waals surface area (Å²) in [6.45, 7) is 3.24. The SMILES string of the molecule is C=CCC(NC(=O)NCC(=O)NC1CC1)C(=O)O. The van der Waals surface area contributed by atoms with Crippen LogP contribution in [0.1, 0.15) is 19.3 Å². The van der Waals surface area contributed by atoms with Gasteiger partial charge in [0.05, 0.1) is 6.54 Å². The van der Waals surface area contributed by atoms with Crippen molar-refractivity contribution in [1.29, 1.82) is 0 Å². The Morgan fingerprint density at radius 2 is 2.06 bits per heavy atom. The first kappa shape index (κ1) is 14.0. The fourth-order valence-electron chi connectivity index (χ4n) is 1.26. The van der Waals surface area contributed by atoms with Gasteiger partial charge in [0.1, 0.15) is 6.04 Å². The van der Waals surface area contributed by atoms with Crippen molar-refractivity contribution in [2.24, 2.45) is 0 Å². The lowest BCUT2D eigenvalue weighted by molar-refractivity contribution is -0.139. The zero-order chi connectivity index (χ0) is 13.5. The molecule has 0 aromatic carbocycles. The number of carbonyl (C=O) groups excluding carboxylic acids is 2. The molecule has 0 saturated heterocycles. The van der Waals surface area contributed by atoms with Gasteiger partial charge in [-0.05, 0) is 19.3 Å². The first-order chi connectivity index (χ1) is 8.52. The van der Waals surface area contributed by atoms with Crippen LogP contribution < -0.4 is 16.0 Å². The second-order valence-electron chi connectivity index (χ2n) is 4.08. The Bertz CT molecular complexity index is 352. The molecule has 7 heteroatoms. The third-order valence-corrected chi connectivity index (χ3v) is 2.36. The predicted octanol–water partition coefficient (Wildman–Crippen LogP) is -0.406. The summed E-state index contributed by atoms with van der Waals surface area (Å²) in [6.07, 6.45) is 3.46. The van der Waals surface area contributed by atoms with Crippen molar-refractivity contribution in [2.45, 2.75) is 31.3 Å². The largest absolute Gasteiger partial charge is 0.480 e. The van der Waals surface area contributed by atoms with E-state index in [1.165, 1.54) is 6.08 Å². The van der Waals surface area contributed by atoms with Crippen LogP contribution in [0, 0.1) is 0 Å². The summed E-state index contributed by atoms with van der Waals surface area (Å²) in [5, 5.41) is 16.0. The van der Waals surface area contributed by atoms with Crippen LogP contribution in [-0.2, 0) is 9.59 Å². The molecule has 1 saturated carbocycles. The van der Waals surface area contributed by atoms with Gasteiger partial charge in [-0.25, -0.2) is 9.59 Å². The standard InChI is InChI=1S/C11H17N3O4/c1-2-3-8(10(16)17)14-11(18)12-6-9(15)13-7-4-5-7/h2,7-8H,1,3-6H2,(H,13,15)(H,16,17)(H2,12,14,18). The Kier molecular flexibility index (Phi) is 5.16. The number of carboxylic acid groups (broad SMARTS) is 1. The summed E-state index contributed by atoms with van der Waals surface area (Å²) in [5.41, 5.74) is 0. The van der Waals surface area contributed by atoms with Crippen LogP contribution in [0.2, 0.25) is 0 Å². The summed E-state index contributed by atoms with van der Waals surface area (Å²) in [7, 11) is 0. The number of amides is 3. The van der Waals surface area contributed by atoms with Gasteiger partial charge in [-0.1, -0.05) is 6.08 Å². The van der Waals surface area contributed by atoms with Gasteiger partial charge in [-0.3, -0.25) is 4.79 Å². The Balaban J connectivity index is 2.23. The number of aliphatic carboxylic acids is 1. The zero-order valence-corrected chi connectivity index (χ0v) is 9.94. The molecule has 1 atom stereocenters. The van der Waals surface area contributed by atoms with Crippen LogP contribution in [0.5, 0.6) is 0 Å². The molecule has 0 heterocycles. The average molecular weight is 255 g/mol. The van der Waals surface area contributed by atoms with E-state index in [0.717, 1.165) is 12.8 Å². The highest BCUT2D eigenvalue weighted by Gasteiger charge is 2.23. The topological polar surface area (TPSA) is 108 Å². The highest BCUT2D eigenvalue weighted by atomic mass is 16.4. The second kappa shape index (κ2) is 6.63. The molecule has 0 aromatic heterocycles. The monoisotopic (exact) mass is 255 g/mol. The van der Waals surface area contributed by atoms with Crippen molar-refractivity contribution in [2.75, 3.05) is 6.54 Å². The maximum atomic E-state index is 11.3. The molecule has 1 aliphatic carbocycles. The summed E-state index contributed by atoms with van der Waals surface area (Å²) >= 11 is 0. The lowest BCUT2D eigenvalue weighted by Gasteiger charge is -2.13. The zero-order valence-electron chi connectivity index (χ0n) is 9.94. The molecule has 1 rings (SSSR count). The van der Waals surface area contributed by atoms with Crippen molar-refractivity contribution in [3.05, 3.63) is 12.7 Å². The van der Waals surface area contributed by atoms with Gasteiger partial charge in [0.15, 0.2) is 0 Å². The van der Waals surface area contributed by atoms with Crippen molar-refractivity contribution in [1.82, 2.24) is 16.0 Å². The molecule has 0 spiro atoms. The lowest BCUT2D eigenvalue weighted by Crippen LogP contribution is -2.48. The van der Waals surface area contributed by atoms with E-state index in [0.29, 0.717) is 0 Å². The van der Waals surface area contributed by atoms with E-state index in [-0.39, 0.29) is 24.9 Å². The van der Waals surface area contributed by atoms with Crippen LogP contribution in [0.3, 0.4) is 0 Å². The average Bonchev–Trinajstić information content (AvgIpc) is 3.09. The van der Waals surface area contributed by atoms with E-state index in [1.807, 2.05) is 0 Å². The molecule has 0 aromatic rings. The summed E-state index contributed by atoms with van der Waals surface area (Å²) in [6, 6.07) is -1.49. The lowest BCUT2D eigenvalue weighted by atomic mass is 10.2. The highest BCUT2D eigenvalue weighted by Crippen LogP contribution is 2.18. The van der Waals surface area contributed by atoms with Crippen LogP contribution in [0.25, 0.3) is 0 Å². The summed E-state index contributed by atoms with van der Waals surface area (Å²) in [4.78, 5) is 33.3. The number of rotatable bonds is 7. The van der Waals surface area contributed by atoms with Gasteiger partial charge in [-0.2, -0.15) is 0 Å². The van der Waals surface area contributed by atoms with Crippen molar-refractivity contribution in [3.63, 3.8) is 0 Å². The minimum absolute atomic E-state index is 0.122. The Hall–Kier alpha value is -2.05. The summed E-state index contributed by atoms with van der Waals surface area (Å²) < 4.78 is 0. The number of hydrogen-bond acceptors (Lipinski definition) is 3. The van der Waals surface area contributed by atoms with E-state index in [2.05, 4.69) is 22.5 Å². The second-order valence-corrected chi connectivity index (χ2v) is 4.08. The normalized spacial score (nSPS) is 15.3. The van der Waals surface area contributed by atoms with E-state index in [1.54, 1.807) is 0 Å². The number of carbonyl (C=O) groups is 3. The van der Waals surface area contributed by atoms with E-state index in [4.69, 9.17) is 5.11 Å². The Labute approximate surface area is 105 Å². The highest BCUT2D eigenvalue weighted by molar-refractivity contribution is 5.86. The molecular formula is C11H17N3O4. The van der Waals surface area contributed by atoms with Gasteiger partial charge < -0.3 is 21.1 Å². The molecule has 4 N–H and O–H groups in total. The van der Waals surface area contributed by atoms with Gasteiger partial charge in [0, 0.05) is 6.04 Å². The van der Waals surface area contributed by atoms with Crippen LogP contribution in [0.4, 0.5) is 4.79 Å². The molecule has 18 heavy (non-hydrogen) atoms. The fraction of sp³-hybridized carbons (Fsp3) is 0.545. The van der Waals surface area contributed by atoms with Crippen molar-refractivity contribution in [3.8, 4) is 0 Å². The molecule has 7 nitrogen and oxygen atoms in total. The van der Waals surface area contributed by atoms with Crippen LogP contribution in [0.15, 0.2) is 12.7 Å².